The third kappa shape index (κ3) is 7.76. The SMILES string of the molecule is CN(C/C=C/C#CC(C)(C)C)Cc1cccc(OCc2ccnc(-c3cnco3)c2)c1. The minimum Gasteiger partial charge on any atom is -0.489 e. The lowest BCUT2D eigenvalue weighted by Crippen LogP contribution is -2.17. The minimum atomic E-state index is 0.0322. The molecule has 0 aliphatic heterocycles. The average Bonchev–Trinajstić information content (AvgIpc) is 3.27. The van der Waals surface area contributed by atoms with Crippen LogP contribution in [0.2, 0.25) is 0 Å². The predicted octanol–water partition coefficient (Wildman–Crippen LogP) is 5.35. The van der Waals surface area contributed by atoms with Crippen molar-refractivity contribution in [1.82, 2.24) is 14.9 Å². The van der Waals surface area contributed by atoms with Crippen molar-refractivity contribution in [3.05, 3.63) is 78.5 Å². The largest absolute Gasteiger partial charge is 0.489 e. The molecule has 0 radical (unpaired) electrons. The fourth-order valence-electron chi connectivity index (χ4n) is 2.87. The number of pyridine rings is 1. The highest BCUT2D eigenvalue weighted by Crippen LogP contribution is 2.19. The van der Waals surface area contributed by atoms with E-state index in [2.05, 4.69) is 72.7 Å². The van der Waals surface area contributed by atoms with E-state index in [1.54, 1.807) is 12.4 Å². The molecule has 2 heterocycles. The second-order valence-electron chi connectivity index (χ2n) is 8.47. The van der Waals surface area contributed by atoms with Crippen molar-refractivity contribution in [1.29, 1.82) is 0 Å². The van der Waals surface area contributed by atoms with Crippen LogP contribution in [0.15, 0.2) is 71.8 Å². The molecule has 5 heteroatoms. The Bertz CT molecular complexity index is 1050. The summed E-state index contributed by atoms with van der Waals surface area (Å²) in [7, 11) is 2.09. The van der Waals surface area contributed by atoms with Gasteiger partial charge in [0.2, 0.25) is 0 Å². The molecule has 3 rings (SSSR count). The van der Waals surface area contributed by atoms with E-state index in [1.807, 2.05) is 30.3 Å². The van der Waals surface area contributed by atoms with Crippen LogP contribution in [0.3, 0.4) is 0 Å². The van der Waals surface area contributed by atoms with Gasteiger partial charge in [-0.2, -0.15) is 0 Å². The number of hydrogen-bond acceptors (Lipinski definition) is 5. The van der Waals surface area contributed by atoms with Crippen LogP contribution in [0.1, 0.15) is 31.9 Å². The molecule has 0 bridgehead atoms. The van der Waals surface area contributed by atoms with Gasteiger partial charge in [-0.25, -0.2) is 4.98 Å². The molecule has 2 aromatic heterocycles. The van der Waals surface area contributed by atoms with Gasteiger partial charge >= 0.3 is 0 Å². The van der Waals surface area contributed by atoms with Crippen LogP contribution < -0.4 is 4.74 Å². The lowest BCUT2D eigenvalue weighted by molar-refractivity contribution is 0.304. The molecule has 1 aromatic carbocycles. The van der Waals surface area contributed by atoms with E-state index in [0.29, 0.717) is 12.4 Å². The molecule has 160 valence electrons. The summed E-state index contributed by atoms with van der Waals surface area (Å²) in [5, 5.41) is 0. The maximum atomic E-state index is 6.01. The molecule has 0 amide bonds. The van der Waals surface area contributed by atoms with E-state index in [9.17, 15) is 0 Å². The summed E-state index contributed by atoms with van der Waals surface area (Å²) in [5.74, 6) is 7.80. The van der Waals surface area contributed by atoms with Gasteiger partial charge < -0.3 is 9.15 Å². The molecule has 5 nitrogen and oxygen atoms in total. The van der Waals surface area contributed by atoms with Crippen LogP contribution in [-0.4, -0.2) is 28.5 Å². The van der Waals surface area contributed by atoms with Gasteiger partial charge in [0, 0.05) is 24.7 Å². The molecule has 3 aromatic rings. The van der Waals surface area contributed by atoms with Crippen molar-refractivity contribution < 1.29 is 9.15 Å². The number of aromatic nitrogens is 2. The Morgan fingerprint density at radius 2 is 2.03 bits per heavy atom. The molecular formula is C26H29N3O2. The fraction of sp³-hybridized carbons (Fsp3) is 0.308. The van der Waals surface area contributed by atoms with Crippen LogP contribution in [0.5, 0.6) is 5.75 Å². The zero-order valence-electron chi connectivity index (χ0n) is 18.6. The highest BCUT2D eigenvalue weighted by molar-refractivity contribution is 5.51. The van der Waals surface area contributed by atoms with E-state index in [1.165, 1.54) is 12.0 Å². The smallest absolute Gasteiger partial charge is 0.181 e. The molecule has 0 atom stereocenters. The Labute approximate surface area is 184 Å². The van der Waals surface area contributed by atoms with Crippen molar-refractivity contribution in [2.75, 3.05) is 13.6 Å². The first-order valence-electron chi connectivity index (χ1n) is 10.3. The molecule has 0 spiro atoms. The molecule has 0 saturated carbocycles. The second kappa shape index (κ2) is 10.6. The number of likely N-dealkylation sites (N-methyl/N-ethyl adjacent to an activating group) is 1. The van der Waals surface area contributed by atoms with Gasteiger partial charge in [-0.1, -0.05) is 30.0 Å². The number of nitrogens with zero attached hydrogens (tertiary/aromatic N) is 3. The molecule has 0 saturated heterocycles. The summed E-state index contributed by atoms with van der Waals surface area (Å²) in [6, 6.07) is 12.1. The zero-order chi connectivity index (χ0) is 22.1. The lowest BCUT2D eigenvalue weighted by atomic mass is 9.98. The van der Waals surface area contributed by atoms with Gasteiger partial charge in [-0.05, 0) is 69.3 Å². The minimum absolute atomic E-state index is 0.0322. The maximum absolute atomic E-state index is 6.01. The molecule has 0 N–H and O–H groups in total. The first-order chi connectivity index (χ1) is 14.9. The van der Waals surface area contributed by atoms with E-state index in [4.69, 9.17) is 9.15 Å². The van der Waals surface area contributed by atoms with Crippen LogP contribution in [0.25, 0.3) is 11.5 Å². The van der Waals surface area contributed by atoms with Crippen molar-refractivity contribution in [2.45, 2.75) is 33.9 Å². The van der Waals surface area contributed by atoms with Gasteiger partial charge in [0.15, 0.2) is 12.2 Å². The summed E-state index contributed by atoms with van der Waals surface area (Å²) >= 11 is 0. The molecule has 0 aliphatic carbocycles. The maximum Gasteiger partial charge on any atom is 0.181 e. The predicted molar refractivity (Wildman–Crippen MR) is 123 cm³/mol. The van der Waals surface area contributed by atoms with Gasteiger partial charge in [0.05, 0.1) is 6.20 Å². The summed E-state index contributed by atoms with van der Waals surface area (Å²) in [6.07, 6.45) is 8.83. The number of allylic oxidation sites excluding steroid dienone is 1. The third-order valence-corrected chi connectivity index (χ3v) is 4.33. The number of ether oxygens (including phenoxy) is 1. The first kappa shape index (κ1) is 22.3. The lowest BCUT2D eigenvalue weighted by Gasteiger charge is -2.15. The average molecular weight is 416 g/mol. The standard InChI is InChI=1S/C26H29N3O2/c1-26(2,3)12-6-5-7-14-29(4)18-21-9-8-10-23(15-21)30-19-22-11-13-28-24(16-22)25-17-27-20-31-25/h5,7-11,13,15-17,20H,14,18-19H2,1-4H3/b7-5+. The monoisotopic (exact) mass is 415 g/mol. The summed E-state index contributed by atoms with van der Waals surface area (Å²) in [6.45, 7) is 8.46. The Morgan fingerprint density at radius 1 is 1.16 bits per heavy atom. The van der Waals surface area contributed by atoms with E-state index in [-0.39, 0.29) is 5.41 Å². The first-order valence-corrected chi connectivity index (χ1v) is 10.3. The third-order valence-electron chi connectivity index (χ3n) is 4.33. The van der Waals surface area contributed by atoms with E-state index in [0.717, 1.165) is 30.1 Å². The molecule has 0 aliphatic rings. The molecule has 0 unspecified atom stereocenters. The Balaban J connectivity index is 1.53. The van der Waals surface area contributed by atoms with Crippen molar-refractivity contribution >= 4 is 0 Å². The van der Waals surface area contributed by atoms with Crippen molar-refractivity contribution in [3.63, 3.8) is 0 Å². The summed E-state index contributed by atoms with van der Waals surface area (Å²) < 4.78 is 11.3. The topological polar surface area (TPSA) is 51.4 Å². The Kier molecular flexibility index (Phi) is 7.64. The fourth-order valence-corrected chi connectivity index (χ4v) is 2.87. The molecule has 0 fully saturated rings. The van der Waals surface area contributed by atoms with Crippen molar-refractivity contribution in [3.8, 4) is 29.0 Å². The zero-order valence-corrected chi connectivity index (χ0v) is 18.6. The second-order valence-corrected chi connectivity index (χ2v) is 8.47. The quantitative estimate of drug-likeness (QED) is 0.464. The van der Waals surface area contributed by atoms with Gasteiger partial charge in [0.1, 0.15) is 18.1 Å². The number of benzene rings is 1. The summed E-state index contributed by atoms with van der Waals surface area (Å²) in [4.78, 5) is 10.5. The van der Waals surface area contributed by atoms with Gasteiger partial charge in [-0.15, -0.1) is 0 Å². The number of rotatable bonds is 8. The molecule has 31 heavy (non-hydrogen) atoms. The normalized spacial score (nSPS) is 11.5. The molecular weight excluding hydrogens is 386 g/mol. The highest BCUT2D eigenvalue weighted by atomic mass is 16.5. The van der Waals surface area contributed by atoms with Gasteiger partial charge in [0.25, 0.3) is 0 Å². The van der Waals surface area contributed by atoms with E-state index >= 15 is 0 Å². The Morgan fingerprint density at radius 3 is 2.81 bits per heavy atom. The number of oxazole rings is 1. The van der Waals surface area contributed by atoms with E-state index < -0.39 is 0 Å². The van der Waals surface area contributed by atoms with Crippen LogP contribution in [-0.2, 0) is 13.2 Å². The van der Waals surface area contributed by atoms with Crippen LogP contribution in [0, 0.1) is 17.3 Å². The number of hydrogen-bond donors (Lipinski definition) is 0. The highest BCUT2D eigenvalue weighted by Gasteiger charge is 2.06. The van der Waals surface area contributed by atoms with Crippen LogP contribution in [0.4, 0.5) is 0 Å². The Hall–Kier alpha value is -3.36. The van der Waals surface area contributed by atoms with Crippen LogP contribution >= 0.6 is 0 Å². The van der Waals surface area contributed by atoms with Crippen molar-refractivity contribution in [2.24, 2.45) is 5.41 Å². The van der Waals surface area contributed by atoms with Gasteiger partial charge in [-0.3, -0.25) is 9.88 Å². The summed E-state index contributed by atoms with van der Waals surface area (Å²) in [5.41, 5.74) is 3.00.